The molecule has 2 aliphatic heterocycles. The maximum absolute atomic E-state index is 4.73. The van der Waals surface area contributed by atoms with E-state index in [1.54, 1.807) is 0 Å². The molecule has 3 rings (SSSR count). The molecule has 0 unspecified atom stereocenters. The average molecular weight is 218 g/mol. The van der Waals surface area contributed by atoms with Crippen LogP contribution in [0.2, 0.25) is 0 Å². The van der Waals surface area contributed by atoms with E-state index in [1.807, 2.05) is 6.20 Å². The van der Waals surface area contributed by atoms with Gasteiger partial charge in [0.2, 0.25) is 5.95 Å². The minimum Gasteiger partial charge on any atom is -0.341 e. The number of hydrogen-bond donors (Lipinski definition) is 1. The van der Waals surface area contributed by atoms with Gasteiger partial charge in [-0.15, -0.1) is 0 Å². The summed E-state index contributed by atoms with van der Waals surface area (Å²) in [6, 6.07) is 0. The van der Waals surface area contributed by atoms with E-state index in [9.17, 15) is 0 Å². The quantitative estimate of drug-likeness (QED) is 0.756. The highest BCUT2D eigenvalue weighted by Gasteiger charge is 2.17. The summed E-state index contributed by atoms with van der Waals surface area (Å²) in [5.41, 5.74) is 2.58. The van der Waals surface area contributed by atoms with Crippen LogP contribution in [0.25, 0.3) is 0 Å². The topological polar surface area (TPSA) is 41.1 Å². The van der Waals surface area contributed by atoms with Gasteiger partial charge < -0.3 is 10.2 Å². The number of aromatic nitrogens is 2. The molecule has 0 saturated carbocycles. The van der Waals surface area contributed by atoms with Crippen LogP contribution in [0.1, 0.15) is 24.1 Å². The van der Waals surface area contributed by atoms with Gasteiger partial charge in [0, 0.05) is 32.3 Å². The summed E-state index contributed by atoms with van der Waals surface area (Å²) >= 11 is 0. The van der Waals surface area contributed by atoms with Crippen LogP contribution in [0.3, 0.4) is 0 Å². The Balaban J connectivity index is 1.88. The molecule has 0 radical (unpaired) electrons. The lowest BCUT2D eigenvalue weighted by Gasteiger charge is -2.16. The predicted molar refractivity (Wildman–Crippen MR) is 63.8 cm³/mol. The molecule has 1 aromatic rings. The van der Waals surface area contributed by atoms with E-state index in [0.29, 0.717) is 0 Å². The van der Waals surface area contributed by atoms with Crippen molar-refractivity contribution in [3.05, 3.63) is 17.5 Å². The molecule has 1 N–H and O–H groups in total. The first-order valence-electron chi connectivity index (χ1n) is 6.24. The standard InChI is InChI=1S/C12H18N4/c1-2-8-16(7-1)12-14-9-10-3-5-13-6-4-11(10)15-12/h9,13H,1-8H2. The van der Waals surface area contributed by atoms with Crippen LogP contribution in [-0.4, -0.2) is 36.1 Å². The highest BCUT2D eigenvalue weighted by molar-refractivity contribution is 5.34. The Bertz CT molecular complexity index is 371. The number of fused-ring (bicyclic) bond motifs is 1. The largest absolute Gasteiger partial charge is 0.341 e. The third kappa shape index (κ3) is 1.89. The highest BCUT2D eigenvalue weighted by atomic mass is 15.3. The SMILES string of the molecule is c1nc(N2CCCC2)nc2c1CCNCC2. The van der Waals surface area contributed by atoms with Crippen molar-refractivity contribution in [2.24, 2.45) is 0 Å². The van der Waals surface area contributed by atoms with Gasteiger partial charge in [0.1, 0.15) is 0 Å². The van der Waals surface area contributed by atoms with E-state index in [1.165, 1.54) is 24.1 Å². The molecule has 0 bridgehead atoms. The van der Waals surface area contributed by atoms with Gasteiger partial charge in [-0.25, -0.2) is 9.97 Å². The third-order valence-corrected chi connectivity index (χ3v) is 3.44. The molecule has 3 heterocycles. The molecule has 86 valence electrons. The Morgan fingerprint density at radius 1 is 1.12 bits per heavy atom. The molecule has 1 saturated heterocycles. The zero-order valence-corrected chi connectivity index (χ0v) is 9.58. The van der Waals surface area contributed by atoms with E-state index < -0.39 is 0 Å². The van der Waals surface area contributed by atoms with Crippen LogP contribution in [0.5, 0.6) is 0 Å². The van der Waals surface area contributed by atoms with Crippen LogP contribution in [0, 0.1) is 0 Å². The first-order valence-corrected chi connectivity index (χ1v) is 6.24. The van der Waals surface area contributed by atoms with Crippen LogP contribution in [-0.2, 0) is 12.8 Å². The van der Waals surface area contributed by atoms with E-state index >= 15 is 0 Å². The Hall–Kier alpha value is -1.16. The monoisotopic (exact) mass is 218 g/mol. The Kier molecular flexibility index (Phi) is 2.74. The normalized spacial score (nSPS) is 20.6. The van der Waals surface area contributed by atoms with Gasteiger partial charge in [0.25, 0.3) is 0 Å². The van der Waals surface area contributed by atoms with Crippen LogP contribution >= 0.6 is 0 Å². The molecular weight excluding hydrogens is 200 g/mol. The summed E-state index contributed by atoms with van der Waals surface area (Å²) in [6.45, 7) is 4.34. The minimum absolute atomic E-state index is 0.943. The van der Waals surface area contributed by atoms with Gasteiger partial charge in [0.05, 0.1) is 5.69 Å². The summed E-state index contributed by atoms with van der Waals surface area (Å²) in [6.07, 6.45) is 6.70. The molecule has 1 fully saturated rings. The van der Waals surface area contributed by atoms with Crippen LogP contribution < -0.4 is 10.2 Å². The summed E-state index contributed by atoms with van der Waals surface area (Å²) in [4.78, 5) is 11.5. The fourth-order valence-corrected chi connectivity index (χ4v) is 2.48. The molecule has 0 amide bonds. The highest BCUT2D eigenvalue weighted by Crippen LogP contribution is 2.18. The van der Waals surface area contributed by atoms with Gasteiger partial charge in [-0.1, -0.05) is 0 Å². The first-order chi connectivity index (χ1) is 7.93. The predicted octanol–water partition coefficient (Wildman–Crippen LogP) is 0.765. The Morgan fingerprint density at radius 2 is 1.94 bits per heavy atom. The second-order valence-corrected chi connectivity index (χ2v) is 4.59. The van der Waals surface area contributed by atoms with Crippen molar-refractivity contribution in [3.63, 3.8) is 0 Å². The number of anilines is 1. The summed E-state index contributed by atoms with van der Waals surface area (Å²) in [5, 5.41) is 3.40. The van der Waals surface area contributed by atoms with Gasteiger partial charge in [0.15, 0.2) is 0 Å². The lowest BCUT2D eigenvalue weighted by Crippen LogP contribution is -2.21. The number of nitrogens with one attached hydrogen (secondary N) is 1. The van der Waals surface area contributed by atoms with Crippen molar-refractivity contribution in [1.82, 2.24) is 15.3 Å². The zero-order valence-electron chi connectivity index (χ0n) is 9.58. The fourth-order valence-electron chi connectivity index (χ4n) is 2.48. The number of hydrogen-bond acceptors (Lipinski definition) is 4. The molecule has 1 aromatic heterocycles. The third-order valence-electron chi connectivity index (χ3n) is 3.44. The first kappa shape index (κ1) is 10.0. The van der Waals surface area contributed by atoms with Gasteiger partial charge in [-0.2, -0.15) is 0 Å². The summed E-state index contributed by atoms with van der Waals surface area (Å²) < 4.78 is 0. The van der Waals surface area contributed by atoms with Crippen LogP contribution in [0.4, 0.5) is 5.95 Å². The zero-order chi connectivity index (χ0) is 10.8. The molecule has 4 heteroatoms. The molecule has 2 aliphatic rings. The lowest BCUT2D eigenvalue weighted by atomic mass is 10.1. The maximum atomic E-state index is 4.73. The van der Waals surface area contributed by atoms with Crippen molar-refractivity contribution >= 4 is 5.95 Å². The van der Waals surface area contributed by atoms with E-state index in [0.717, 1.165) is 45.0 Å². The summed E-state index contributed by atoms with van der Waals surface area (Å²) in [7, 11) is 0. The van der Waals surface area contributed by atoms with E-state index in [4.69, 9.17) is 4.98 Å². The minimum atomic E-state index is 0.943. The van der Waals surface area contributed by atoms with Crippen LogP contribution in [0.15, 0.2) is 6.20 Å². The van der Waals surface area contributed by atoms with Crippen molar-refractivity contribution in [2.45, 2.75) is 25.7 Å². The van der Waals surface area contributed by atoms with Gasteiger partial charge >= 0.3 is 0 Å². The second-order valence-electron chi connectivity index (χ2n) is 4.59. The van der Waals surface area contributed by atoms with E-state index in [-0.39, 0.29) is 0 Å². The second kappa shape index (κ2) is 4.37. The molecule has 0 aromatic carbocycles. The summed E-state index contributed by atoms with van der Waals surface area (Å²) in [5.74, 6) is 0.943. The molecule has 4 nitrogen and oxygen atoms in total. The molecule has 0 atom stereocenters. The molecule has 0 spiro atoms. The van der Waals surface area contributed by atoms with E-state index in [2.05, 4.69) is 15.2 Å². The molecule has 0 aliphatic carbocycles. The molecule has 16 heavy (non-hydrogen) atoms. The average Bonchev–Trinajstić information content (AvgIpc) is 2.74. The fraction of sp³-hybridized carbons (Fsp3) is 0.667. The Labute approximate surface area is 96.1 Å². The Morgan fingerprint density at radius 3 is 2.81 bits per heavy atom. The maximum Gasteiger partial charge on any atom is 0.225 e. The van der Waals surface area contributed by atoms with Crippen molar-refractivity contribution in [1.29, 1.82) is 0 Å². The molecular formula is C12H18N4. The van der Waals surface area contributed by atoms with Crippen molar-refractivity contribution in [3.8, 4) is 0 Å². The number of nitrogens with zero attached hydrogens (tertiary/aromatic N) is 3. The lowest BCUT2D eigenvalue weighted by molar-refractivity contribution is 0.708. The van der Waals surface area contributed by atoms with Crippen molar-refractivity contribution < 1.29 is 0 Å². The smallest absolute Gasteiger partial charge is 0.225 e. The van der Waals surface area contributed by atoms with Gasteiger partial charge in [-0.05, 0) is 31.4 Å². The van der Waals surface area contributed by atoms with Crippen molar-refractivity contribution in [2.75, 3.05) is 31.1 Å². The van der Waals surface area contributed by atoms with Gasteiger partial charge in [-0.3, -0.25) is 0 Å². The number of rotatable bonds is 1.